The van der Waals surface area contributed by atoms with E-state index in [1.54, 1.807) is 78.1 Å². The first kappa shape index (κ1) is 65.0. The highest BCUT2D eigenvalue weighted by Gasteiger charge is 2.53. The number of nitrogens with zero attached hydrogens (tertiary/aromatic N) is 8. The summed E-state index contributed by atoms with van der Waals surface area (Å²) in [6.45, 7) is 13.9. The number of rotatable bonds is 14. The van der Waals surface area contributed by atoms with Crippen LogP contribution in [-0.2, 0) is 108 Å². The first-order chi connectivity index (χ1) is 46.1. The van der Waals surface area contributed by atoms with E-state index >= 15 is 0 Å². The van der Waals surface area contributed by atoms with Gasteiger partial charge in [-0.3, -0.25) is 48.2 Å². The lowest BCUT2D eigenvalue weighted by atomic mass is 9.85. The van der Waals surface area contributed by atoms with Gasteiger partial charge < -0.3 is 47.7 Å². The number of aryl methyl sites for hydroxylation is 2. The summed E-state index contributed by atoms with van der Waals surface area (Å²) in [5.74, 6) is -4.95. The predicted molar refractivity (Wildman–Crippen MR) is 343 cm³/mol. The summed E-state index contributed by atoms with van der Waals surface area (Å²) >= 11 is 0. The van der Waals surface area contributed by atoms with Gasteiger partial charge in [0.15, 0.2) is 0 Å². The first-order valence-corrected chi connectivity index (χ1v) is 33.4. The molecule has 25 heteroatoms. The number of pyridine rings is 4. The minimum absolute atomic E-state index is 0.00354. The number of likely N-dealkylation sites (tertiary alicyclic amines) is 4. The summed E-state index contributed by atoms with van der Waals surface area (Å²) in [6, 6.07) is 14.2. The van der Waals surface area contributed by atoms with Gasteiger partial charge in [0.25, 0.3) is 11.1 Å². The van der Waals surface area contributed by atoms with Gasteiger partial charge in [-0.2, -0.15) is 0 Å². The van der Waals surface area contributed by atoms with E-state index in [1.807, 2.05) is 26.0 Å². The molecule has 0 spiro atoms. The summed E-state index contributed by atoms with van der Waals surface area (Å²) in [7, 11) is 0. The molecule has 0 radical (unpaired) electrons. The molecule has 1 N–H and O–H groups in total. The van der Waals surface area contributed by atoms with Crippen molar-refractivity contribution in [2.75, 3.05) is 39.3 Å². The molecule has 4 atom stereocenters. The average molecular weight is 1310 g/mol. The summed E-state index contributed by atoms with van der Waals surface area (Å²) in [5, 5.41) is 11.7. The van der Waals surface area contributed by atoms with Crippen molar-refractivity contribution in [1.82, 2.24) is 38.7 Å². The monoisotopic (exact) mass is 1310 g/mol. The Balaban J connectivity index is 0.000000181. The smallest absolute Gasteiger partial charge is 0.415 e. The molecule has 14 rings (SSSR count). The van der Waals surface area contributed by atoms with Crippen molar-refractivity contribution in [3.05, 3.63) is 114 Å². The largest absolute Gasteiger partial charge is 0.508 e. The van der Waals surface area contributed by atoms with Gasteiger partial charge in [-0.15, -0.1) is 0 Å². The maximum absolute atomic E-state index is 14.2. The van der Waals surface area contributed by atoms with Crippen molar-refractivity contribution in [2.24, 2.45) is 11.8 Å². The fourth-order valence-electron chi connectivity index (χ4n) is 15.4. The molecule has 8 aliphatic rings. The van der Waals surface area contributed by atoms with Crippen molar-refractivity contribution in [2.45, 2.75) is 169 Å². The van der Waals surface area contributed by atoms with Crippen LogP contribution in [0.3, 0.4) is 0 Å². The number of phenols is 1. The highest BCUT2D eigenvalue weighted by atomic mass is 16.6. The van der Waals surface area contributed by atoms with Gasteiger partial charge in [0.2, 0.25) is 34.8 Å². The van der Waals surface area contributed by atoms with Crippen LogP contribution < -0.4 is 15.9 Å². The normalized spacial score (nSPS) is 22.0. The van der Waals surface area contributed by atoms with Crippen LogP contribution in [0.4, 0.5) is 4.79 Å². The van der Waals surface area contributed by atoms with Gasteiger partial charge >= 0.3 is 30.0 Å². The molecule has 0 saturated carbocycles. The zero-order valence-corrected chi connectivity index (χ0v) is 54.7. The number of aromatic hydroxyl groups is 1. The van der Waals surface area contributed by atoms with Crippen LogP contribution in [0.15, 0.2) is 58.1 Å². The third-order valence-corrected chi connectivity index (χ3v) is 20.6. The molecule has 4 aromatic heterocycles. The number of fused-ring (bicyclic) bond motifs is 10. The van der Waals surface area contributed by atoms with Crippen molar-refractivity contribution in [3.63, 3.8) is 0 Å². The number of cyclic esters (lactones) is 2. The number of esters is 4. The van der Waals surface area contributed by atoms with E-state index in [4.69, 9.17) is 33.7 Å². The lowest BCUT2D eigenvalue weighted by Gasteiger charge is -2.39. The zero-order chi connectivity index (χ0) is 67.8. The molecule has 2 unspecified atom stereocenters. The van der Waals surface area contributed by atoms with E-state index in [9.17, 15) is 57.8 Å². The Bertz CT molecular complexity index is 4470. The highest BCUT2D eigenvalue weighted by molar-refractivity contribution is 6.04. The fraction of sp³-hybridized carbons (Fsp3) is 0.479. The van der Waals surface area contributed by atoms with E-state index in [-0.39, 0.29) is 147 Å². The number of piperidine rings is 2. The molecule has 12 heterocycles. The minimum atomic E-state index is -1.90. The molecule has 0 aliphatic carbocycles. The number of carbonyl (C=O) groups is 9. The Labute approximate surface area is 551 Å². The van der Waals surface area contributed by atoms with Gasteiger partial charge in [0.1, 0.15) is 24.7 Å². The molecular formula is C71H76N8O17. The van der Waals surface area contributed by atoms with Crippen LogP contribution >= 0.6 is 0 Å². The van der Waals surface area contributed by atoms with E-state index in [1.165, 1.54) is 19.3 Å². The third kappa shape index (κ3) is 11.0. The number of ether oxygens (including phenoxy) is 5. The maximum atomic E-state index is 14.2. The number of phenolic OH excluding ortho intramolecular Hbond substituents is 1. The summed E-state index contributed by atoms with van der Waals surface area (Å²) in [6.07, 6.45) is 6.11. The number of imide groups is 2. The first-order valence-electron chi connectivity index (χ1n) is 33.4. The number of aromatic nitrogens is 4. The van der Waals surface area contributed by atoms with Crippen LogP contribution in [0, 0.1) is 11.8 Å². The number of carbonyl (C=O) groups excluding carboxylic acids is 9. The van der Waals surface area contributed by atoms with Gasteiger partial charge in [-0.25, -0.2) is 24.4 Å². The van der Waals surface area contributed by atoms with E-state index in [0.29, 0.717) is 71.5 Å². The minimum Gasteiger partial charge on any atom is -0.508 e. The quantitative estimate of drug-likeness (QED) is 0.0644. The molecule has 5 amide bonds. The summed E-state index contributed by atoms with van der Waals surface area (Å²) < 4.78 is 31.6. The lowest BCUT2D eigenvalue weighted by molar-refractivity contribution is -0.189. The number of hydrogen-bond donors (Lipinski definition) is 1. The second-order valence-electron chi connectivity index (χ2n) is 26.2. The fourth-order valence-corrected chi connectivity index (χ4v) is 15.4. The predicted octanol–water partition coefficient (Wildman–Crippen LogP) is 7.11. The Morgan fingerprint density at radius 3 is 1.51 bits per heavy atom. The number of benzene rings is 2. The molecule has 8 aliphatic heterocycles. The topological polar surface area (TPSA) is 303 Å². The Morgan fingerprint density at radius 1 is 0.594 bits per heavy atom. The lowest BCUT2D eigenvalue weighted by Crippen LogP contribution is -2.48. The van der Waals surface area contributed by atoms with E-state index in [0.717, 1.165) is 68.8 Å². The van der Waals surface area contributed by atoms with Crippen LogP contribution in [0.25, 0.3) is 44.6 Å². The molecule has 2 aromatic carbocycles. The molecule has 6 aromatic rings. The average Bonchev–Trinajstić information content (AvgIpc) is 1.51. The Hall–Kier alpha value is -9.65. The summed E-state index contributed by atoms with van der Waals surface area (Å²) in [4.78, 5) is 160. The van der Waals surface area contributed by atoms with Crippen molar-refractivity contribution in [1.29, 1.82) is 0 Å². The van der Waals surface area contributed by atoms with E-state index < -0.39 is 46.9 Å². The van der Waals surface area contributed by atoms with Crippen LogP contribution in [0.5, 0.6) is 11.5 Å². The van der Waals surface area contributed by atoms with E-state index in [2.05, 4.69) is 4.90 Å². The van der Waals surface area contributed by atoms with Crippen LogP contribution in [-0.4, -0.2) is 143 Å². The SMILES string of the molecule is CCc1c2c(nc3ccc(O)cc13)-c1cc3c(c(=O)n1C2)COC(=O)[C@@]3(CC)OC(=O)CCN1C(=O)CC(C)C1=O.CCc1c2c(nc3ccc(OC(=O)N4CCC(N5CCCCC5)CC4)cc13)-c1cc3c(c(=O)n1C2)COC(=O)[C@@]3(CC)OC(=O)CCN1C(=O)CC(C)C1=O. The van der Waals surface area contributed by atoms with Gasteiger partial charge in [0, 0.05) is 89.9 Å². The van der Waals surface area contributed by atoms with Crippen molar-refractivity contribution >= 4 is 75.4 Å². The molecule has 0 bridgehead atoms. The molecule has 4 fully saturated rings. The van der Waals surface area contributed by atoms with Crippen molar-refractivity contribution < 1.29 is 71.9 Å². The molecule has 96 heavy (non-hydrogen) atoms. The summed E-state index contributed by atoms with van der Waals surface area (Å²) in [5.41, 5.74) is 3.51. The van der Waals surface area contributed by atoms with Crippen LogP contribution in [0.1, 0.15) is 157 Å². The standard InChI is InChI=1S/C41H47N5O9.C30H29N3O8/c1-4-27-28-20-26(54-40(52)44-16-11-25(12-17-44)43-14-7-6-8-15-43)9-10-32(28)42-36-29(27)22-46-33(36)21-31-30(38(46)50)23-53-39(51)41(31,5-2)55-35(48)13-18-45-34(47)19-24(3)37(45)49;1-4-17-18-11-16(34)6-7-22(18)31-26-19(17)13-33-23(26)12-21-20(28(33)38)14-40-29(39)30(21,5-2)41-25(36)8-9-32-24(35)10-15(3)27(32)37/h9-10,20-21,24-25H,4-8,11-19,22-23H2,1-3H3;6-7,11-12,15,34H,4-5,8-10,13-14H2,1-3H3/t24?,41-;15?,30-/m00/s1. The number of amides is 5. The molecule has 25 nitrogen and oxygen atoms in total. The molecular weight excluding hydrogens is 1240 g/mol. The molecule has 502 valence electrons. The van der Waals surface area contributed by atoms with Gasteiger partial charge in [0.05, 0.1) is 70.9 Å². The molecule has 4 saturated heterocycles. The highest BCUT2D eigenvalue weighted by Crippen LogP contribution is 2.45. The maximum Gasteiger partial charge on any atom is 0.415 e. The second kappa shape index (κ2) is 25.5. The van der Waals surface area contributed by atoms with Crippen LogP contribution in [0.2, 0.25) is 0 Å². The third-order valence-electron chi connectivity index (χ3n) is 20.6. The van der Waals surface area contributed by atoms with Gasteiger partial charge in [-0.1, -0.05) is 48.0 Å². The van der Waals surface area contributed by atoms with Gasteiger partial charge in [-0.05, 0) is 124 Å². The Morgan fingerprint density at radius 2 is 1.06 bits per heavy atom. The Kier molecular flexibility index (Phi) is 17.3. The van der Waals surface area contributed by atoms with Crippen molar-refractivity contribution in [3.8, 4) is 34.3 Å². The number of hydrogen-bond acceptors (Lipinski definition) is 20. The second-order valence-corrected chi connectivity index (χ2v) is 26.2. The zero-order valence-electron chi connectivity index (χ0n) is 54.7.